The lowest BCUT2D eigenvalue weighted by atomic mass is 9.85. The van der Waals surface area contributed by atoms with Gasteiger partial charge in [-0.2, -0.15) is 0 Å². The smallest absolute Gasteiger partial charge is 0.101 e. The highest BCUT2D eigenvalue weighted by Crippen LogP contribution is 2.21. The third kappa shape index (κ3) is 3.06. The second kappa shape index (κ2) is 6.02. The van der Waals surface area contributed by atoms with Gasteiger partial charge in [-0.05, 0) is 19.3 Å². The molecule has 0 heterocycles. The van der Waals surface area contributed by atoms with E-state index in [9.17, 15) is 5.11 Å². The zero-order chi connectivity index (χ0) is 11.2. The SMILES string of the molecule is OC[C@@H]1CCCC[C@@H]1[NH2+]Cc1ccccc1. The van der Waals surface area contributed by atoms with Crippen molar-refractivity contribution in [2.45, 2.75) is 38.3 Å². The standard InChI is InChI=1S/C14H21NO/c16-11-13-8-4-5-9-14(13)15-10-12-6-2-1-3-7-12/h1-3,6-7,13-16H,4-5,8-11H2/p+1/t13-,14-/m0/s1. The first kappa shape index (κ1) is 11.6. The van der Waals surface area contributed by atoms with Gasteiger partial charge in [-0.15, -0.1) is 0 Å². The number of nitrogens with two attached hydrogens (primary N) is 1. The molecule has 1 aromatic carbocycles. The molecule has 88 valence electrons. The first-order chi connectivity index (χ1) is 7.90. The van der Waals surface area contributed by atoms with Crippen LogP contribution in [0.2, 0.25) is 0 Å². The average Bonchev–Trinajstić information content (AvgIpc) is 2.38. The van der Waals surface area contributed by atoms with Crippen molar-refractivity contribution < 1.29 is 10.4 Å². The summed E-state index contributed by atoms with van der Waals surface area (Å²) in [4.78, 5) is 0. The summed E-state index contributed by atoms with van der Waals surface area (Å²) in [6, 6.07) is 11.2. The fourth-order valence-corrected chi connectivity index (χ4v) is 2.67. The average molecular weight is 220 g/mol. The van der Waals surface area contributed by atoms with Crippen LogP contribution in [-0.4, -0.2) is 17.8 Å². The molecule has 2 rings (SSSR count). The van der Waals surface area contributed by atoms with Crippen molar-refractivity contribution in [3.05, 3.63) is 35.9 Å². The predicted molar refractivity (Wildman–Crippen MR) is 64.9 cm³/mol. The summed E-state index contributed by atoms with van der Waals surface area (Å²) in [5.74, 6) is 0.512. The van der Waals surface area contributed by atoms with Crippen LogP contribution in [0.3, 0.4) is 0 Å². The highest BCUT2D eigenvalue weighted by molar-refractivity contribution is 5.13. The van der Waals surface area contributed by atoms with E-state index in [0.29, 0.717) is 18.6 Å². The van der Waals surface area contributed by atoms with Crippen LogP contribution in [0.5, 0.6) is 0 Å². The minimum Gasteiger partial charge on any atom is -0.396 e. The minimum atomic E-state index is 0.357. The molecule has 0 spiro atoms. The summed E-state index contributed by atoms with van der Waals surface area (Å²) in [5, 5.41) is 11.8. The zero-order valence-corrected chi connectivity index (χ0v) is 9.81. The van der Waals surface area contributed by atoms with Crippen LogP contribution in [0.25, 0.3) is 0 Å². The van der Waals surface area contributed by atoms with Crippen LogP contribution >= 0.6 is 0 Å². The number of rotatable bonds is 4. The van der Waals surface area contributed by atoms with E-state index < -0.39 is 0 Å². The molecule has 0 saturated heterocycles. The van der Waals surface area contributed by atoms with Gasteiger partial charge in [0, 0.05) is 11.5 Å². The molecule has 16 heavy (non-hydrogen) atoms. The third-order valence-electron chi connectivity index (χ3n) is 3.70. The molecule has 1 aromatic rings. The number of hydrogen-bond donors (Lipinski definition) is 2. The Bertz CT molecular complexity index is 299. The third-order valence-corrected chi connectivity index (χ3v) is 3.70. The molecule has 2 heteroatoms. The molecule has 1 fully saturated rings. The summed E-state index contributed by atoms with van der Waals surface area (Å²) in [7, 11) is 0. The van der Waals surface area contributed by atoms with Crippen molar-refractivity contribution in [2.24, 2.45) is 5.92 Å². The molecule has 2 nitrogen and oxygen atoms in total. The second-order valence-corrected chi connectivity index (χ2v) is 4.82. The van der Waals surface area contributed by atoms with E-state index in [1.165, 1.54) is 31.2 Å². The fourth-order valence-electron chi connectivity index (χ4n) is 2.67. The van der Waals surface area contributed by atoms with E-state index >= 15 is 0 Å². The second-order valence-electron chi connectivity index (χ2n) is 4.82. The van der Waals surface area contributed by atoms with Crippen LogP contribution < -0.4 is 5.32 Å². The van der Waals surface area contributed by atoms with Gasteiger partial charge in [0.05, 0.1) is 12.6 Å². The van der Waals surface area contributed by atoms with Crippen LogP contribution in [-0.2, 0) is 6.54 Å². The van der Waals surface area contributed by atoms with E-state index in [4.69, 9.17) is 0 Å². The lowest BCUT2D eigenvalue weighted by molar-refractivity contribution is -0.713. The van der Waals surface area contributed by atoms with Gasteiger partial charge in [0.25, 0.3) is 0 Å². The van der Waals surface area contributed by atoms with Crippen LogP contribution in [0.4, 0.5) is 0 Å². The Balaban J connectivity index is 1.84. The van der Waals surface area contributed by atoms with Crippen molar-refractivity contribution >= 4 is 0 Å². The van der Waals surface area contributed by atoms with Crippen LogP contribution in [0.1, 0.15) is 31.2 Å². The van der Waals surface area contributed by atoms with Gasteiger partial charge in [0.2, 0.25) is 0 Å². The number of aliphatic hydroxyl groups excluding tert-OH is 1. The van der Waals surface area contributed by atoms with Crippen molar-refractivity contribution in [1.82, 2.24) is 0 Å². The number of aliphatic hydroxyl groups is 1. The van der Waals surface area contributed by atoms with Crippen molar-refractivity contribution in [2.75, 3.05) is 6.61 Å². The predicted octanol–water partition coefficient (Wildman–Crippen LogP) is 1.30. The lowest BCUT2D eigenvalue weighted by Crippen LogP contribution is -2.90. The molecule has 0 bridgehead atoms. The summed E-state index contributed by atoms with van der Waals surface area (Å²) in [6.45, 7) is 1.40. The maximum absolute atomic E-state index is 9.34. The Morgan fingerprint density at radius 3 is 2.62 bits per heavy atom. The highest BCUT2D eigenvalue weighted by Gasteiger charge is 2.26. The van der Waals surface area contributed by atoms with Gasteiger partial charge in [-0.25, -0.2) is 0 Å². The maximum atomic E-state index is 9.34. The first-order valence-electron chi connectivity index (χ1n) is 6.38. The maximum Gasteiger partial charge on any atom is 0.101 e. The van der Waals surface area contributed by atoms with Gasteiger partial charge >= 0.3 is 0 Å². The van der Waals surface area contributed by atoms with E-state index in [-0.39, 0.29) is 0 Å². The molecule has 0 aliphatic heterocycles. The fraction of sp³-hybridized carbons (Fsp3) is 0.571. The van der Waals surface area contributed by atoms with Crippen LogP contribution in [0, 0.1) is 5.92 Å². The van der Waals surface area contributed by atoms with Gasteiger partial charge in [-0.1, -0.05) is 36.8 Å². The Hall–Kier alpha value is -0.860. The Kier molecular flexibility index (Phi) is 4.37. The van der Waals surface area contributed by atoms with Crippen molar-refractivity contribution in [3.63, 3.8) is 0 Å². The summed E-state index contributed by atoms with van der Waals surface area (Å²) < 4.78 is 0. The quantitative estimate of drug-likeness (QED) is 0.788. The summed E-state index contributed by atoms with van der Waals surface area (Å²) in [6.07, 6.45) is 5.08. The first-order valence-corrected chi connectivity index (χ1v) is 6.38. The molecule has 2 atom stereocenters. The lowest BCUT2D eigenvalue weighted by Gasteiger charge is -2.28. The Labute approximate surface area is 97.7 Å². The number of benzene rings is 1. The molecule has 0 amide bonds. The molecular formula is C14H22NO+. The molecular weight excluding hydrogens is 198 g/mol. The van der Waals surface area contributed by atoms with Crippen molar-refractivity contribution in [1.29, 1.82) is 0 Å². The van der Waals surface area contributed by atoms with Gasteiger partial charge < -0.3 is 10.4 Å². The Morgan fingerprint density at radius 1 is 1.12 bits per heavy atom. The summed E-state index contributed by atoms with van der Waals surface area (Å²) in [5.41, 5.74) is 1.38. The van der Waals surface area contributed by atoms with Crippen LogP contribution in [0.15, 0.2) is 30.3 Å². The molecule has 0 unspecified atom stereocenters. The molecule has 0 radical (unpaired) electrons. The molecule has 1 aliphatic carbocycles. The van der Waals surface area contributed by atoms with Gasteiger partial charge in [0.15, 0.2) is 0 Å². The number of hydrogen-bond acceptors (Lipinski definition) is 1. The minimum absolute atomic E-state index is 0.357. The van der Waals surface area contributed by atoms with Crippen molar-refractivity contribution in [3.8, 4) is 0 Å². The largest absolute Gasteiger partial charge is 0.396 e. The van der Waals surface area contributed by atoms with E-state index in [1.807, 2.05) is 0 Å². The Morgan fingerprint density at radius 2 is 1.88 bits per heavy atom. The van der Waals surface area contributed by atoms with Gasteiger partial charge in [-0.3, -0.25) is 0 Å². The summed E-state index contributed by atoms with van der Waals surface area (Å²) >= 11 is 0. The van der Waals surface area contributed by atoms with E-state index in [2.05, 4.69) is 35.6 Å². The van der Waals surface area contributed by atoms with Gasteiger partial charge in [0.1, 0.15) is 6.54 Å². The molecule has 1 aliphatic rings. The monoisotopic (exact) mass is 220 g/mol. The molecule has 1 saturated carbocycles. The van der Waals surface area contributed by atoms with E-state index in [0.717, 1.165) is 6.54 Å². The topological polar surface area (TPSA) is 36.8 Å². The molecule has 0 aromatic heterocycles. The molecule has 3 N–H and O–H groups in total. The highest BCUT2D eigenvalue weighted by atomic mass is 16.3. The zero-order valence-electron chi connectivity index (χ0n) is 9.81. The number of quaternary nitrogens is 1. The van der Waals surface area contributed by atoms with E-state index in [1.54, 1.807) is 0 Å². The normalized spacial score (nSPS) is 25.6.